The van der Waals surface area contributed by atoms with Crippen LogP contribution in [0.4, 0.5) is 0 Å². The highest BCUT2D eigenvalue weighted by atomic mass is 16.5. The number of benzene rings is 3. The number of carbonyl (C=O) groups is 4. The normalized spacial score (nSPS) is 10.6. The van der Waals surface area contributed by atoms with Gasteiger partial charge in [0.05, 0.1) is 68.2 Å². The third-order valence-corrected chi connectivity index (χ3v) is 6.42. The molecule has 0 spiro atoms. The topological polar surface area (TPSA) is 196 Å². The van der Waals surface area contributed by atoms with Gasteiger partial charge in [0.15, 0.2) is 23.0 Å². The predicted molar refractivity (Wildman–Crippen MR) is 175 cm³/mol. The number of rotatable bonds is 16. The van der Waals surface area contributed by atoms with Gasteiger partial charge < -0.3 is 39.1 Å². The number of nitrogens with one attached hydrogen (secondary N) is 4. The molecule has 254 valence electrons. The molecule has 0 heterocycles. The molecule has 4 N–H and O–H groups in total. The first kappa shape index (κ1) is 36.2. The van der Waals surface area contributed by atoms with Crippen molar-refractivity contribution in [3.05, 3.63) is 70.8 Å². The lowest BCUT2D eigenvalue weighted by molar-refractivity contribution is -0.120. The van der Waals surface area contributed by atoms with E-state index in [4.69, 9.17) is 28.4 Å². The molecule has 48 heavy (non-hydrogen) atoms. The van der Waals surface area contributed by atoms with Crippen molar-refractivity contribution in [2.45, 2.75) is 0 Å². The maximum absolute atomic E-state index is 12.6. The quantitative estimate of drug-likeness (QED) is 0.129. The fourth-order valence-electron chi connectivity index (χ4n) is 4.05. The maximum Gasteiger partial charge on any atom is 0.259 e. The zero-order chi connectivity index (χ0) is 35.1. The second-order valence-corrected chi connectivity index (χ2v) is 9.45. The summed E-state index contributed by atoms with van der Waals surface area (Å²) >= 11 is 0. The van der Waals surface area contributed by atoms with Gasteiger partial charge >= 0.3 is 0 Å². The molecule has 0 aliphatic heterocycles. The van der Waals surface area contributed by atoms with E-state index in [1.165, 1.54) is 79.4 Å². The molecule has 3 aromatic carbocycles. The third-order valence-electron chi connectivity index (χ3n) is 6.42. The molecule has 0 aliphatic carbocycles. The smallest absolute Gasteiger partial charge is 0.259 e. The molecule has 0 fully saturated rings. The summed E-state index contributed by atoms with van der Waals surface area (Å²) in [6.07, 6.45) is 2.83. The Bertz CT molecular complexity index is 1500. The molecule has 0 atom stereocenters. The Morgan fingerprint density at radius 3 is 1.12 bits per heavy atom. The van der Waals surface area contributed by atoms with Crippen LogP contribution in [0.3, 0.4) is 0 Å². The van der Waals surface area contributed by atoms with Gasteiger partial charge in [0.2, 0.25) is 11.5 Å². The highest BCUT2D eigenvalue weighted by Gasteiger charge is 2.18. The minimum atomic E-state index is -0.550. The van der Waals surface area contributed by atoms with Gasteiger partial charge in [-0.2, -0.15) is 10.2 Å². The third kappa shape index (κ3) is 9.84. The second-order valence-electron chi connectivity index (χ2n) is 9.45. The fourth-order valence-corrected chi connectivity index (χ4v) is 4.05. The van der Waals surface area contributed by atoms with E-state index in [1.807, 2.05) is 0 Å². The largest absolute Gasteiger partial charge is 0.493 e. The van der Waals surface area contributed by atoms with Crippen LogP contribution < -0.4 is 49.9 Å². The molecule has 3 aromatic rings. The molecule has 3 rings (SSSR count). The van der Waals surface area contributed by atoms with E-state index >= 15 is 0 Å². The highest BCUT2D eigenvalue weighted by Crippen LogP contribution is 2.39. The van der Waals surface area contributed by atoms with Gasteiger partial charge in [-0.05, 0) is 35.4 Å². The first-order chi connectivity index (χ1) is 23.2. The van der Waals surface area contributed by atoms with Gasteiger partial charge in [-0.25, -0.2) is 10.9 Å². The molecule has 4 amide bonds. The maximum atomic E-state index is 12.6. The van der Waals surface area contributed by atoms with Gasteiger partial charge in [-0.15, -0.1) is 0 Å². The molecule has 0 saturated heterocycles. The summed E-state index contributed by atoms with van der Waals surface area (Å²) in [7, 11) is 8.62. The molecule has 0 unspecified atom stereocenters. The SMILES string of the molecule is COc1cc(C(=O)NCC(=O)N/N=C\c2ccc(/C=N\NC(=O)CNC(=O)c3cc(OC)c(OC)c(OC)c3)cc2)cc(OC)c1OC. The highest BCUT2D eigenvalue weighted by molar-refractivity contribution is 5.98. The number of carbonyl (C=O) groups excluding carboxylic acids is 4. The van der Waals surface area contributed by atoms with Gasteiger partial charge in [-0.1, -0.05) is 24.3 Å². The lowest BCUT2D eigenvalue weighted by atomic mass is 10.1. The second kappa shape index (κ2) is 18.0. The molecule has 0 aliphatic rings. The van der Waals surface area contributed by atoms with E-state index in [0.717, 1.165) is 0 Å². The first-order valence-electron chi connectivity index (χ1n) is 14.1. The van der Waals surface area contributed by atoms with Crippen molar-refractivity contribution in [1.29, 1.82) is 0 Å². The Balaban J connectivity index is 1.43. The molecule has 0 aromatic heterocycles. The van der Waals surface area contributed by atoms with Crippen molar-refractivity contribution in [1.82, 2.24) is 21.5 Å². The summed E-state index contributed by atoms with van der Waals surface area (Å²) in [4.78, 5) is 49.5. The van der Waals surface area contributed by atoms with Gasteiger partial charge in [-0.3, -0.25) is 19.2 Å². The van der Waals surface area contributed by atoms with Crippen LogP contribution in [-0.2, 0) is 9.59 Å². The number of amides is 4. The minimum Gasteiger partial charge on any atom is -0.493 e. The molecular formula is C32H36N6O10. The van der Waals surface area contributed by atoms with E-state index in [2.05, 4.69) is 31.7 Å². The Kier molecular flexibility index (Phi) is 13.5. The van der Waals surface area contributed by atoms with Crippen LogP contribution in [0, 0.1) is 0 Å². The molecular weight excluding hydrogens is 628 g/mol. The predicted octanol–water partition coefficient (Wildman–Crippen LogP) is 1.50. The summed E-state index contributed by atoms with van der Waals surface area (Å²) in [5.74, 6) is -0.279. The van der Waals surface area contributed by atoms with E-state index < -0.39 is 23.6 Å². The number of hydrogen-bond donors (Lipinski definition) is 4. The average molecular weight is 665 g/mol. The lowest BCUT2D eigenvalue weighted by Gasteiger charge is -2.14. The van der Waals surface area contributed by atoms with Gasteiger partial charge in [0.1, 0.15) is 0 Å². The molecule has 16 nitrogen and oxygen atoms in total. The number of hydrogen-bond acceptors (Lipinski definition) is 12. The summed E-state index contributed by atoms with van der Waals surface area (Å²) in [5.41, 5.74) is 6.41. The molecule has 0 saturated carbocycles. The first-order valence-corrected chi connectivity index (χ1v) is 14.1. The number of methoxy groups -OCH3 is 6. The lowest BCUT2D eigenvalue weighted by Crippen LogP contribution is -2.35. The van der Waals surface area contributed by atoms with E-state index in [-0.39, 0.29) is 24.2 Å². The molecule has 16 heteroatoms. The summed E-state index contributed by atoms with van der Waals surface area (Å²) in [6, 6.07) is 12.7. The number of ether oxygens (including phenoxy) is 6. The van der Waals surface area contributed by atoms with Crippen LogP contribution in [0.25, 0.3) is 0 Å². The Labute approximate surface area is 276 Å². The summed E-state index contributed by atoms with van der Waals surface area (Å²) in [5, 5.41) is 12.8. The van der Waals surface area contributed by atoms with Crippen molar-refractivity contribution in [2.75, 3.05) is 55.7 Å². The van der Waals surface area contributed by atoms with Crippen LogP contribution >= 0.6 is 0 Å². The summed E-state index contributed by atoms with van der Waals surface area (Å²) in [6.45, 7) is -0.661. The zero-order valence-electron chi connectivity index (χ0n) is 27.2. The van der Waals surface area contributed by atoms with Crippen molar-refractivity contribution in [3.63, 3.8) is 0 Å². The molecule has 0 radical (unpaired) electrons. The average Bonchev–Trinajstić information content (AvgIpc) is 3.11. The van der Waals surface area contributed by atoms with E-state index in [9.17, 15) is 19.2 Å². The van der Waals surface area contributed by atoms with Crippen LogP contribution in [-0.4, -0.2) is 91.8 Å². The zero-order valence-corrected chi connectivity index (χ0v) is 27.2. The van der Waals surface area contributed by atoms with Gasteiger partial charge in [0, 0.05) is 11.1 Å². The Morgan fingerprint density at radius 1 is 0.542 bits per heavy atom. The fraction of sp³-hybridized carbons (Fsp3) is 0.250. The van der Waals surface area contributed by atoms with Crippen molar-refractivity contribution >= 4 is 36.1 Å². The Hall–Kier alpha value is -6.32. The van der Waals surface area contributed by atoms with Crippen LogP contribution in [0.15, 0.2) is 58.7 Å². The van der Waals surface area contributed by atoms with E-state index in [0.29, 0.717) is 45.6 Å². The van der Waals surface area contributed by atoms with Crippen LogP contribution in [0.1, 0.15) is 31.8 Å². The van der Waals surface area contributed by atoms with Crippen LogP contribution in [0.2, 0.25) is 0 Å². The summed E-state index contributed by atoms with van der Waals surface area (Å²) < 4.78 is 31.5. The van der Waals surface area contributed by atoms with Crippen molar-refractivity contribution < 1.29 is 47.6 Å². The molecule has 0 bridgehead atoms. The van der Waals surface area contributed by atoms with Crippen LogP contribution in [0.5, 0.6) is 34.5 Å². The van der Waals surface area contributed by atoms with Crippen molar-refractivity contribution in [2.24, 2.45) is 10.2 Å². The standard InChI is InChI=1S/C32H36N6O10/c1-43-23-11-21(12-24(44-2)29(23)47-5)31(41)33-17-27(39)37-35-15-19-7-9-20(10-8-19)16-36-38-28(40)18-34-32(42)22-13-25(45-3)30(48-6)26(14-22)46-4/h7-16H,17-18H2,1-6H3,(H,33,41)(H,34,42)(H,37,39)(H,38,40)/b35-15-,36-16-. The van der Waals surface area contributed by atoms with Gasteiger partial charge in [0.25, 0.3) is 23.6 Å². The minimum absolute atomic E-state index is 0.211. The van der Waals surface area contributed by atoms with E-state index in [1.54, 1.807) is 24.3 Å². The van der Waals surface area contributed by atoms with Crippen molar-refractivity contribution in [3.8, 4) is 34.5 Å². The Morgan fingerprint density at radius 2 is 0.854 bits per heavy atom. The number of hydrazone groups is 2. The number of nitrogens with zero attached hydrogens (tertiary/aromatic N) is 2. The monoisotopic (exact) mass is 664 g/mol.